The average molecular weight is 307 g/mol. The molecule has 4 aliphatic rings. The molecule has 1 nitrogen and oxygen atoms in total. The molecule has 0 aromatic heterocycles. The first-order valence-electron chi connectivity index (χ1n) is 8.71. The number of para-hydroxylation sites is 1. The van der Waals surface area contributed by atoms with Gasteiger partial charge in [0.2, 0.25) is 0 Å². The standard InChI is InChI=1S/C23H17N/c1-2-9-19-15(7-1)18-11-6-14-22(18)24-21-13-4-3-8-17(21)16-10-5-12-20(16)23(19)24/h1-10,13-14,23H,11-12H2. The SMILES string of the molecule is C1=CC2=C(C1)c1ccccc1C1C3=C(C=CC3)c3ccccc3N21. The molecule has 1 heteroatoms. The van der Waals surface area contributed by atoms with Gasteiger partial charge < -0.3 is 4.90 Å². The van der Waals surface area contributed by atoms with Crippen molar-refractivity contribution in [3.8, 4) is 0 Å². The van der Waals surface area contributed by atoms with Gasteiger partial charge in [-0.15, -0.1) is 0 Å². The van der Waals surface area contributed by atoms with Gasteiger partial charge in [-0.05, 0) is 52.8 Å². The quantitative estimate of drug-likeness (QED) is 0.608. The van der Waals surface area contributed by atoms with Gasteiger partial charge in [0.15, 0.2) is 0 Å². The minimum Gasteiger partial charge on any atom is -0.329 e. The van der Waals surface area contributed by atoms with Crippen LogP contribution in [0.4, 0.5) is 5.69 Å². The Bertz CT molecular complexity index is 1020. The lowest BCUT2D eigenvalue weighted by molar-refractivity contribution is 0.743. The number of anilines is 1. The second-order valence-electron chi connectivity index (χ2n) is 6.89. The van der Waals surface area contributed by atoms with Crippen LogP contribution >= 0.6 is 0 Å². The van der Waals surface area contributed by atoms with E-state index in [-0.39, 0.29) is 0 Å². The summed E-state index contributed by atoms with van der Waals surface area (Å²) in [6.45, 7) is 0. The smallest absolute Gasteiger partial charge is 0.0823 e. The van der Waals surface area contributed by atoms with Crippen molar-refractivity contribution in [1.82, 2.24) is 0 Å². The second kappa shape index (κ2) is 4.39. The van der Waals surface area contributed by atoms with Crippen molar-refractivity contribution >= 4 is 16.8 Å². The zero-order valence-corrected chi connectivity index (χ0v) is 13.4. The summed E-state index contributed by atoms with van der Waals surface area (Å²) in [5.74, 6) is 0. The van der Waals surface area contributed by atoms with Gasteiger partial charge >= 0.3 is 0 Å². The van der Waals surface area contributed by atoms with Crippen LogP contribution in [-0.2, 0) is 0 Å². The van der Waals surface area contributed by atoms with Crippen molar-refractivity contribution in [3.05, 3.63) is 101 Å². The van der Waals surface area contributed by atoms with Crippen LogP contribution in [0.1, 0.15) is 35.6 Å². The predicted molar refractivity (Wildman–Crippen MR) is 99.5 cm³/mol. The Hall–Kier alpha value is -2.80. The second-order valence-corrected chi connectivity index (χ2v) is 6.89. The van der Waals surface area contributed by atoms with Crippen LogP contribution in [-0.4, -0.2) is 0 Å². The van der Waals surface area contributed by atoms with Crippen LogP contribution < -0.4 is 4.90 Å². The molecule has 2 heterocycles. The summed E-state index contributed by atoms with van der Waals surface area (Å²) in [6.07, 6.45) is 11.4. The number of nitrogens with zero attached hydrogens (tertiary/aromatic N) is 1. The van der Waals surface area contributed by atoms with E-state index in [4.69, 9.17) is 0 Å². The number of benzene rings is 2. The Morgan fingerprint density at radius 2 is 1.58 bits per heavy atom. The normalized spacial score (nSPS) is 22.3. The van der Waals surface area contributed by atoms with Gasteiger partial charge in [-0.1, -0.05) is 60.7 Å². The highest BCUT2D eigenvalue weighted by Gasteiger charge is 2.40. The van der Waals surface area contributed by atoms with E-state index in [9.17, 15) is 0 Å². The third-order valence-electron chi connectivity index (χ3n) is 5.76. The van der Waals surface area contributed by atoms with Gasteiger partial charge in [0.05, 0.1) is 6.04 Å². The number of hydrogen-bond donors (Lipinski definition) is 0. The fourth-order valence-electron chi connectivity index (χ4n) is 4.82. The molecule has 2 aromatic carbocycles. The molecule has 0 amide bonds. The Kier molecular flexibility index (Phi) is 2.30. The van der Waals surface area contributed by atoms with Crippen LogP contribution in [0.25, 0.3) is 11.1 Å². The van der Waals surface area contributed by atoms with Crippen LogP contribution in [0, 0.1) is 0 Å². The minimum atomic E-state index is 0.336. The molecule has 0 radical (unpaired) electrons. The largest absolute Gasteiger partial charge is 0.329 e. The lowest BCUT2D eigenvalue weighted by Gasteiger charge is -2.44. The molecular formula is C23H17N. The fraction of sp³-hybridized carbons (Fsp3) is 0.130. The zero-order chi connectivity index (χ0) is 15.7. The molecule has 0 spiro atoms. The summed E-state index contributed by atoms with van der Waals surface area (Å²) in [7, 11) is 0. The van der Waals surface area contributed by atoms with E-state index in [1.54, 1.807) is 5.57 Å². The molecule has 2 aliphatic carbocycles. The van der Waals surface area contributed by atoms with Gasteiger partial charge in [0.1, 0.15) is 0 Å². The highest BCUT2D eigenvalue weighted by atomic mass is 15.2. The third-order valence-corrected chi connectivity index (χ3v) is 5.76. The molecule has 0 bridgehead atoms. The topological polar surface area (TPSA) is 3.24 Å². The summed E-state index contributed by atoms with van der Waals surface area (Å²) in [6, 6.07) is 18.2. The summed E-state index contributed by atoms with van der Waals surface area (Å²) in [5.41, 5.74) is 11.5. The van der Waals surface area contributed by atoms with Crippen LogP contribution in [0.2, 0.25) is 0 Å². The van der Waals surface area contributed by atoms with E-state index >= 15 is 0 Å². The monoisotopic (exact) mass is 307 g/mol. The number of rotatable bonds is 0. The lowest BCUT2D eigenvalue weighted by Crippen LogP contribution is -2.35. The summed E-state index contributed by atoms with van der Waals surface area (Å²) in [5, 5.41) is 0. The van der Waals surface area contributed by atoms with Crippen molar-refractivity contribution in [2.45, 2.75) is 18.9 Å². The van der Waals surface area contributed by atoms with Crippen molar-refractivity contribution in [3.63, 3.8) is 0 Å². The molecule has 0 N–H and O–H groups in total. The first-order chi connectivity index (χ1) is 11.9. The van der Waals surface area contributed by atoms with E-state index in [0.29, 0.717) is 6.04 Å². The summed E-state index contributed by atoms with van der Waals surface area (Å²) >= 11 is 0. The van der Waals surface area contributed by atoms with Gasteiger partial charge in [-0.25, -0.2) is 0 Å². The molecule has 0 fully saturated rings. The molecule has 2 aromatic rings. The van der Waals surface area contributed by atoms with Crippen LogP contribution in [0.15, 0.2) is 84.1 Å². The maximum atomic E-state index is 2.59. The Morgan fingerprint density at radius 3 is 2.54 bits per heavy atom. The van der Waals surface area contributed by atoms with Gasteiger partial charge in [-0.2, -0.15) is 0 Å². The lowest BCUT2D eigenvalue weighted by atomic mass is 9.79. The molecular weight excluding hydrogens is 290 g/mol. The molecule has 0 saturated heterocycles. The summed E-state index contributed by atoms with van der Waals surface area (Å²) < 4.78 is 0. The van der Waals surface area contributed by atoms with Gasteiger partial charge in [-0.3, -0.25) is 0 Å². The summed E-state index contributed by atoms with van der Waals surface area (Å²) in [4.78, 5) is 2.59. The van der Waals surface area contributed by atoms with E-state index in [1.165, 1.54) is 39.2 Å². The van der Waals surface area contributed by atoms with E-state index < -0.39 is 0 Å². The Labute approximate surface area is 141 Å². The molecule has 1 atom stereocenters. The molecule has 114 valence electrons. The van der Waals surface area contributed by atoms with Crippen molar-refractivity contribution < 1.29 is 0 Å². The maximum Gasteiger partial charge on any atom is 0.0823 e. The molecule has 2 aliphatic heterocycles. The van der Waals surface area contributed by atoms with Crippen LogP contribution in [0.3, 0.4) is 0 Å². The van der Waals surface area contributed by atoms with E-state index in [1.807, 2.05) is 0 Å². The van der Waals surface area contributed by atoms with E-state index in [2.05, 4.69) is 77.7 Å². The first kappa shape index (κ1) is 12.6. The minimum absolute atomic E-state index is 0.336. The number of hydrogen-bond acceptors (Lipinski definition) is 1. The van der Waals surface area contributed by atoms with Gasteiger partial charge in [0.25, 0.3) is 0 Å². The number of allylic oxidation sites excluding steroid dienone is 6. The van der Waals surface area contributed by atoms with E-state index in [0.717, 1.165) is 12.8 Å². The van der Waals surface area contributed by atoms with Crippen LogP contribution in [0.5, 0.6) is 0 Å². The molecule has 1 unspecified atom stereocenters. The molecule has 0 saturated carbocycles. The predicted octanol–water partition coefficient (Wildman–Crippen LogP) is 5.65. The fourth-order valence-corrected chi connectivity index (χ4v) is 4.82. The number of fused-ring (bicyclic) bond motifs is 9. The Morgan fingerprint density at radius 1 is 0.792 bits per heavy atom. The van der Waals surface area contributed by atoms with Gasteiger partial charge in [0, 0.05) is 16.9 Å². The van der Waals surface area contributed by atoms with Crippen molar-refractivity contribution in [2.24, 2.45) is 0 Å². The third kappa shape index (κ3) is 1.41. The van der Waals surface area contributed by atoms with Crippen molar-refractivity contribution in [2.75, 3.05) is 4.90 Å². The first-order valence-corrected chi connectivity index (χ1v) is 8.71. The highest BCUT2D eigenvalue weighted by Crippen LogP contribution is 2.55. The average Bonchev–Trinajstić information content (AvgIpc) is 3.31. The molecule has 6 rings (SSSR count). The maximum absolute atomic E-state index is 2.59. The highest BCUT2D eigenvalue weighted by molar-refractivity contribution is 5.96. The zero-order valence-electron chi connectivity index (χ0n) is 13.4. The van der Waals surface area contributed by atoms with Crippen molar-refractivity contribution in [1.29, 1.82) is 0 Å². The molecule has 24 heavy (non-hydrogen) atoms. The Balaban J connectivity index is 1.73.